The largest absolute Gasteiger partial charge is 0.326 e. The molecule has 1 saturated carbocycles. The van der Waals surface area contributed by atoms with Gasteiger partial charge in [0.25, 0.3) is 0 Å². The van der Waals surface area contributed by atoms with Crippen molar-refractivity contribution in [2.24, 2.45) is 11.7 Å². The smallest absolute Gasteiger partial charge is 0.0962 e. The molecule has 2 N–H and O–H groups in total. The molecule has 0 radical (unpaired) electrons. The van der Waals surface area contributed by atoms with Crippen LogP contribution in [0.2, 0.25) is 0 Å². The first kappa shape index (κ1) is 15.0. The fourth-order valence-corrected chi connectivity index (χ4v) is 4.53. The van der Waals surface area contributed by atoms with Crippen molar-refractivity contribution >= 4 is 11.3 Å². The number of hydrogen-bond donors (Lipinski definition) is 1. The predicted molar refractivity (Wildman–Crippen MR) is 83.7 cm³/mol. The normalized spacial score (nSPS) is 24.1. The number of nitrogens with zero attached hydrogens (tertiary/aromatic N) is 1. The molecule has 2 nitrogen and oxygen atoms in total. The second-order valence-corrected chi connectivity index (χ2v) is 7.34. The zero-order valence-electron chi connectivity index (χ0n) is 12.6. The Morgan fingerprint density at radius 1 is 1.26 bits per heavy atom. The molecule has 1 aromatic rings. The lowest BCUT2D eigenvalue weighted by Crippen LogP contribution is -2.13. The molecular formula is C16H28N2S. The summed E-state index contributed by atoms with van der Waals surface area (Å²) < 4.78 is 0. The Bertz CT molecular complexity index is 389. The molecule has 1 aliphatic rings. The van der Waals surface area contributed by atoms with Crippen molar-refractivity contribution in [3.8, 4) is 0 Å². The molecule has 0 atom stereocenters. The van der Waals surface area contributed by atoms with Gasteiger partial charge in [0.15, 0.2) is 0 Å². The molecule has 0 aromatic carbocycles. The molecule has 1 heterocycles. The molecule has 1 fully saturated rings. The van der Waals surface area contributed by atoms with Crippen LogP contribution in [0.15, 0.2) is 0 Å². The van der Waals surface area contributed by atoms with Crippen molar-refractivity contribution in [3.63, 3.8) is 0 Å². The number of rotatable bonds is 5. The molecule has 1 aliphatic carbocycles. The molecule has 108 valence electrons. The first-order valence-corrected chi connectivity index (χ1v) is 8.66. The zero-order valence-corrected chi connectivity index (χ0v) is 13.4. The first-order valence-electron chi connectivity index (χ1n) is 7.85. The van der Waals surface area contributed by atoms with E-state index in [1.807, 2.05) is 11.3 Å². The maximum absolute atomic E-state index is 5.86. The number of hydrogen-bond acceptors (Lipinski definition) is 3. The Hall–Kier alpha value is -0.410. The van der Waals surface area contributed by atoms with Crippen LogP contribution in [0.25, 0.3) is 0 Å². The molecule has 0 saturated heterocycles. The summed E-state index contributed by atoms with van der Waals surface area (Å²) in [4.78, 5) is 6.22. The third-order valence-corrected chi connectivity index (χ3v) is 5.63. The molecule has 3 heteroatoms. The van der Waals surface area contributed by atoms with Gasteiger partial charge in [0.05, 0.1) is 10.7 Å². The average Bonchev–Trinajstić information content (AvgIpc) is 2.84. The van der Waals surface area contributed by atoms with Crippen LogP contribution in [0.1, 0.15) is 86.7 Å². The van der Waals surface area contributed by atoms with Gasteiger partial charge in [-0.3, -0.25) is 0 Å². The lowest BCUT2D eigenvalue weighted by Gasteiger charge is -2.27. The van der Waals surface area contributed by atoms with Gasteiger partial charge in [-0.1, -0.05) is 33.6 Å². The summed E-state index contributed by atoms with van der Waals surface area (Å²) in [5, 5.41) is 1.36. The SMILES string of the molecule is CCCC1CCC(c2nc(C(C)C)c(CN)s2)CC1. The van der Waals surface area contributed by atoms with Crippen LogP contribution in [0.4, 0.5) is 0 Å². The summed E-state index contributed by atoms with van der Waals surface area (Å²) in [6.45, 7) is 7.39. The lowest BCUT2D eigenvalue weighted by molar-refractivity contribution is 0.308. The van der Waals surface area contributed by atoms with E-state index in [4.69, 9.17) is 10.7 Å². The monoisotopic (exact) mass is 280 g/mol. The summed E-state index contributed by atoms with van der Waals surface area (Å²) >= 11 is 1.87. The Kier molecular flexibility index (Phi) is 5.40. The third kappa shape index (κ3) is 3.57. The molecule has 0 bridgehead atoms. The Morgan fingerprint density at radius 2 is 1.95 bits per heavy atom. The molecule has 0 unspecified atom stereocenters. The van der Waals surface area contributed by atoms with E-state index in [-0.39, 0.29) is 0 Å². The Labute approximate surface area is 121 Å². The van der Waals surface area contributed by atoms with Crippen molar-refractivity contribution in [2.75, 3.05) is 0 Å². The summed E-state index contributed by atoms with van der Waals surface area (Å²) in [7, 11) is 0. The summed E-state index contributed by atoms with van der Waals surface area (Å²) in [5.74, 6) is 2.18. The van der Waals surface area contributed by atoms with Crippen LogP contribution < -0.4 is 5.73 Å². The minimum absolute atomic E-state index is 0.500. The topological polar surface area (TPSA) is 38.9 Å². The lowest BCUT2D eigenvalue weighted by atomic mass is 9.80. The second-order valence-electron chi connectivity index (χ2n) is 6.23. The summed E-state index contributed by atoms with van der Waals surface area (Å²) in [5.41, 5.74) is 7.11. The van der Waals surface area contributed by atoms with Gasteiger partial charge in [-0.15, -0.1) is 11.3 Å². The average molecular weight is 280 g/mol. The summed E-state index contributed by atoms with van der Waals surface area (Å²) in [6.07, 6.45) is 8.21. The van der Waals surface area contributed by atoms with E-state index in [0.29, 0.717) is 18.4 Å². The second kappa shape index (κ2) is 6.85. The van der Waals surface area contributed by atoms with E-state index in [1.165, 1.54) is 54.1 Å². The fraction of sp³-hybridized carbons (Fsp3) is 0.812. The van der Waals surface area contributed by atoms with E-state index in [2.05, 4.69) is 20.8 Å². The maximum atomic E-state index is 5.86. The van der Waals surface area contributed by atoms with Crippen molar-refractivity contribution in [1.82, 2.24) is 4.98 Å². The highest BCUT2D eigenvalue weighted by atomic mass is 32.1. The van der Waals surface area contributed by atoms with Crippen LogP contribution in [-0.4, -0.2) is 4.98 Å². The summed E-state index contributed by atoms with van der Waals surface area (Å²) in [6, 6.07) is 0. The minimum atomic E-state index is 0.500. The van der Waals surface area contributed by atoms with Crippen molar-refractivity contribution < 1.29 is 0 Å². The van der Waals surface area contributed by atoms with Gasteiger partial charge >= 0.3 is 0 Å². The van der Waals surface area contributed by atoms with Crippen LogP contribution in [-0.2, 0) is 6.54 Å². The van der Waals surface area contributed by atoms with Gasteiger partial charge in [-0.2, -0.15) is 0 Å². The molecular weight excluding hydrogens is 252 g/mol. The third-order valence-electron chi connectivity index (χ3n) is 4.37. The van der Waals surface area contributed by atoms with Gasteiger partial charge in [0.2, 0.25) is 0 Å². The molecule has 2 rings (SSSR count). The highest BCUT2D eigenvalue weighted by Gasteiger charge is 2.25. The van der Waals surface area contributed by atoms with Crippen molar-refractivity contribution in [1.29, 1.82) is 0 Å². The van der Waals surface area contributed by atoms with Crippen LogP contribution in [0, 0.1) is 5.92 Å². The molecule has 19 heavy (non-hydrogen) atoms. The van der Waals surface area contributed by atoms with E-state index < -0.39 is 0 Å². The van der Waals surface area contributed by atoms with E-state index in [1.54, 1.807) is 0 Å². The number of aromatic nitrogens is 1. The van der Waals surface area contributed by atoms with Crippen molar-refractivity contribution in [2.45, 2.75) is 77.7 Å². The quantitative estimate of drug-likeness (QED) is 0.841. The minimum Gasteiger partial charge on any atom is -0.326 e. The Balaban J connectivity index is 2.03. The van der Waals surface area contributed by atoms with E-state index >= 15 is 0 Å². The molecule has 1 aromatic heterocycles. The number of nitrogens with two attached hydrogens (primary N) is 1. The van der Waals surface area contributed by atoms with E-state index in [0.717, 1.165) is 5.92 Å². The van der Waals surface area contributed by atoms with E-state index in [9.17, 15) is 0 Å². The van der Waals surface area contributed by atoms with Gasteiger partial charge in [-0.25, -0.2) is 4.98 Å². The van der Waals surface area contributed by atoms with Gasteiger partial charge in [0.1, 0.15) is 0 Å². The fourth-order valence-electron chi connectivity index (χ4n) is 3.26. The van der Waals surface area contributed by atoms with Crippen molar-refractivity contribution in [3.05, 3.63) is 15.6 Å². The molecule has 0 aliphatic heterocycles. The predicted octanol–water partition coefficient (Wildman–Crippen LogP) is 4.80. The molecule has 0 amide bonds. The maximum Gasteiger partial charge on any atom is 0.0962 e. The zero-order chi connectivity index (χ0) is 13.8. The van der Waals surface area contributed by atoms with Gasteiger partial charge < -0.3 is 5.73 Å². The highest BCUT2D eigenvalue weighted by molar-refractivity contribution is 7.11. The Morgan fingerprint density at radius 3 is 2.42 bits per heavy atom. The van der Waals surface area contributed by atoms with Crippen LogP contribution in [0.3, 0.4) is 0 Å². The number of thiazole rings is 1. The standard InChI is InChI=1S/C16H28N2S/c1-4-5-12-6-8-13(9-7-12)16-18-15(11(2)3)14(10-17)19-16/h11-13H,4-10,17H2,1-3H3. The highest BCUT2D eigenvalue weighted by Crippen LogP contribution is 2.40. The van der Waals surface area contributed by atoms with Gasteiger partial charge in [-0.05, 0) is 37.5 Å². The van der Waals surface area contributed by atoms with Crippen LogP contribution in [0.5, 0.6) is 0 Å². The molecule has 0 spiro atoms. The first-order chi connectivity index (χ1) is 9.15. The van der Waals surface area contributed by atoms with Crippen LogP contribution >= 0.6 is 11.3 Å². The van der Waals surface area contributed by atoms with Gasteiger partial charge in [0, 0.05) is 17.3 Å².